The zero-order valence-electron chi connectivity index (χ0n) is 12.6. The van der Waals surface area contributed by atoms with Crippen LogP contribution < -0.4 is 5.32 Å². The number of hydrogen-bond donors (Lipinski definition) is 2. The van der Waals surface area contributed by atoms with Crippen molar-refractivity contribution in [3.63, 3.8) is 0 Å². The van der Waals surface area contributed by atoms with Gasteiger partial charge in [0.25, 0.3) is 5.91 Å². The molecule has 1 unspecified atom stereocenters. The molecule has 4 nitrogen and oxygen atoms in total. The van der Waals surface area contributed by atoms with E-state index < -0.39 is 6.10 Å². The van der Waals surface area contributed by atoms with Crippen molar-refractivity contribution in [2.45, 2.75) is 26.4 Å². The normalized spacial score (nSPS) is 12.9. The Kier molecular flexibility index (Phi) is 4.91. The maximum atomic E-state index is 12.3. The third-order valence-electron chi connectivity index (χ3n) is 3.76. The number of carbonyl (C=O) groups is 1. The average molecular weight is 309 g/mol. The van der Waals surface area contributed by atoms with Gasteiger partial charge in [-0.2, -0.15) is 0 Å². The fourth-order valence-corrected chi connectivity index (χ4v) is 2.72. The minimum atomic E-state index is -0.409. The summed E-state index contributed by atoms with van der Waals surface area (Å²) in [5.74, 6) is -0.0298. The molecule has 0 fully saturated rings. The van der Waals surface area contributed by atoms with Crippen LogP contribution in [0.2, 0.25) is 5.02 Å². The van der Waals surface area contributed by atoms with Gasteiger partial charge in [0.05, 0.1) is 11.1 Å². The minimum absolute atomic E-state index is 0.183. The Balaban J connectivity index is 2.13. The number of rotatable bonds is 5. The van der Waals surface area contributed by atoms with Gasteiger partial charge in [-0.25, -0.2) is 0 Å². The summed E-state index contributed by atoms with van der Waals surface area (Å²) >= 11 is 6.32. The van der Waals surface area contributed by atoms with E-state index in [1.165, 1.54) is 0 Å². The highest BCUT2D eigenvalue weighted by molar-refractivity contribution is 6.38. The Bertz CT molecular complexity index is 610. The van der Waals surface area contributed by atoms with Crippen LogP contribution in [0.1, 0.15) is 30.8 Å². The third-order valence-corrected chi connectivity index (χ3v) is 4.14. The molecule has 0 saturated carbocycles. The number of fused-ring (bicyclic) bond motifs is 1. The van der Waals surface area contributed by atoms with E-state index in [4.69, 9.17) is 11.6 Å². The first-order chi connectivity index (χ1) is 9.93. The quantitative estimate of drug-likeness (QED) is 0.892. The van der Waals surface area contributed by atoms with Crippen LogP contribution in [0.4, 0.5) is 0 Å². The number of aryl methyl sites for hydroxylation is 1. The fourth-order valence-electron chi connectivity index (χ4n) is 2.35. The predicted octanol–water partition coefficient (Wildman–Crippen LogP) is 2.97. The van der Waals surface area contributed by atoms with E-state index in [0.717, 1.165) is 10.9 Å². The molecule has 0 aliphatic carbocycles. The lowest BCUT2D eigenvalue weighted by molar-refractivity contribution is 0.0913. The molecule has 114 valence electrons. The van der Waals surface area contributed by atoms with Crippen molar-refractivity contribution >= 4 is 28.4 Å². The number of aromatic nitrogens is 1. The van der Waals surface area contributed by atoms with Gasteiger partial charge in [0.1, 0.15) is 5.69 Å². The minimum Gasteiger partial charge on any atom is -0.393 e. The number of hydrogen-bond acceptors (Lipinski definition) is 2. The fraction of sp³-hybridized carbons (Fsp3) is 0.438. The van der Waals surface area contributed by atoms with Crippen molar-refractivity contribution < 1.29 is 9.90 Å². The Hall–Kier alpha value is -1.52. The van der Waals surface area contributed by atoms with Crippen LogP contribution in [0.15, 0.2) is 24.3 Å². The highest BCUT2D eigenvalue weighted by Crippen LogP contribution is 2.29. The second kappa shape index (κ2) is 6.50. The van der Waals surface area contributed by atoms with Gasteiger partial charge in [0.15, 0.2) is 0 Å². The van der Waals surface area contributed by atoms with Gasteiger partial charge < -0.3 is 15.0 Å². The van der Waals surface area contributed by atoms with E-state index in [0.29, 0.717) is 23.7 Å². The van der Waals surface area contributed by atoms with Crippen LogP contribution in [0.5, 0.6) is 0 Å². The average Bonchev–Trinajstić information content (AvgIpc) is 2.71. The molecular weight excluding hydrogens is 288 g/mol. The Morgan fingerprint density at radius 1 is 1.38 bits per heavy atom. The van der Waals surface area contributed by atoms with Gasteiger partial charge in [-0.15, -0.1) is 0 Å². The summed E-state index contributed by atoms with van der Waals surface area (Å²) in [4.78, 5) is 12.3. The summed E-state index contributed by atoms with van der Waals surface area (Å²) in [6, 6.07) is 7.64. The van der Waals surface area contributed by atoms with Gasteiger partial charge >= 0.3 is 0 Å². The molecular formula is C16H21ClN2O2. The van der Waals surface area contributed by atoms with Gasteiger partial charge in [-0.3, -0.25) is 4.79 Å². The summed E-state index contributed by atoms with van der Waals surface area (Å²) in [6.45, 7) is 4.33. The second-order valence-corrected chi connectivity index (χ2v) is 5.97. The van der Waals surface area contributed by atoms with Crippen molar-refractivity contribution in [3.8, 4) is 0 Å². The van der Waals surface area contributed by atoms with Gasteiger partial charge in [0.2, 0.25) is 0 Å². The first kappa shape index (κ1) is 15.9. The maximum Gasteiger partial charge on any atom is 0.269 e. The van der Waals surface area contributed by atoms with E-state index >= 15 is 0 Å². The first-order valence-corrected chi connectivity index (χ1v) is 7.50. The van der Waals surface area contributed by atoms with Crippen molar-refractivity contribution in [2.75, 3.05) is 6.54 Å². The SMILES string of the molecule is CC(C)C(O)CCNC(=O)c1c(Cl)c2ccccc2n1C. The molecule has 2 rings (SSSR count). The van der Waals surface area contributed by atoms with E-state index in [-0.39, 0.29) is 11.8 Å². The Morgan fingerprint density at radius 3 is 2.67 bits per heavy atom. The zero-order chi connectivity index (χ0) is 15.6. The van der Waals surface area contributed by atoms with E-state index in [2.05, 4.69) is 5.32 Å². The molecule has 0 spiro atoms. The van der Waals surface area contributed by atoms with Crippen LogP contribution in [0.25, 0.3) is 10.9 Å². The summed E-state index contributed by atoms with van der Waals surface area (Å²) in [7, 11) is 1.83. The number of aliphatic hydroxyl groups is 1. The Morgan fingerprint density at radius 2 is 2.05 bits per heavy atom. The van der Waals surface area contributed by atoms with Crippen molar-refractivity contribution in [3.05, 3.63) is 35.0 Å². The predicted molar refractivity (Wildman–Crippen MR) is 85.7 cm³/mol. The highest BCUT2D eigenvalue weighted by atomic mass is 35.5. The number of aliphatic hydroxyl groups excluding tert-OH is 1. The number of nitrogens with zero attached hydrogens (tertiary/aromatic N) is 1. The summed E-state index contributed by atoms with van der Waals surface area (Å²) < 4.78 is 1.80. The molecule has 1 aromatic heterocycles. The highest BCUT2D eigenvalue weighted by Gasteiger charge is 2.19. The maximum absolute atomic E-state index is 12.3. The van der Waals surface area contributed by atoms with Crippen molar-refractivity contribution in [1.29, 1.82) is 0 Å². The number of halogens is 1. The van der Waals surface area contributed by atoms with Crippen LogP contribution in [0.3, 0.4) is 0 Å². The number of nitrogens with one attached hydrogen (secondary N) is 1. The van der Waals surface area contributed by atoms with Crippen LogP contribution in [-0.2, 0) is 7.05 Å². The van der Waals surface area contributed by atoms with Crippen molar-refractivity contribution in [1.82, 2.24) is 9.88 Å². The topological polar surface area (TPSA) is 54.3 Å². The number of carbonyl (C=O) groups excluding carboxylic acids is 1. The molecule has 0 radical (unpaired) electrons. The lowest BCUT2D eigenvalue weighted by Gasteiger charge is -2.14. The van der Waals surface area contributed by atoms with Gasteiger partial charge in [-0.05, 0) is 18.4 Å². The standard InChI is InChI=1S/C16H21ClN2O2/c1-10(2)13(20)8-9-18-16(21)15-14(17)11-6-4-5-7-12(11)19(15)3/h4-7,10,13,20H,8-9H2,1-3H3,(H,18,21). The van der Waals surface area contributed by atoms with Crippen molar-refractivity contribution in [2.24, 2.45) is 13.0 Å². The lowest BCUT2D eigenvalue weighted by Crippen LogP contribution is -2.30. The molecule has 0 saturated heterocycles. The molecule has 1 aromatic carbocycles. The lowest BCUT2D eigenvalue weighted by atomic mass is 10.0. The molecule has 0 aliphatic rings. The van der Waals surface area contributed by atoms with Gasteiger partial charge in [-0.1, -0.05) is 43.6 Å². The monoisotopic (exact) mass is 308 g/mol. The van der Waals surface area contributed by atoms with E-state index in [1.54, 1.807) is 4.57 Å². The summed E-state index contributed by atoms with van der Waals surface area (Å²) in [5.41, 5.74) is 1.38. The number of para-hydroxylation sites is 1. The smallest absolute Gasteiger partial charge is 0.269 e. The van der Waals surface area contributed by atoms with Gasteiger partial charge in [0, 0.05) is 24.5 Å². The van der Waals surface area contributed by atoms with E-state index in [1.807, 2.05) is 45.2 Å². The molecule has 21 heavy (non-hydrogen) atoms. The van der Waals surface area contributed by atoms with Crippen LogP contribution in [0, 0.1) is 5.92 Å². The molecule has 2 aromatic rings. The molecule has 1 heterocycles. The third kappa shape index (κ3) is 3.22. The first-order valence-electron chi connectivity index (χ1n) is 7.12. The number of amides is 1. The zero-order valence-corrected chi connectivity index (χ0v) is 13.3. The Labute approximate surface area is 129 Å². The van der Waals surface area contributed by atoms with E-state index in [9.17, 15) is 9.90 Å². The molecule has 0 bridgehead atoms. The summed E-state index contributed by atoms with van der Waals surface area (Å²) in [6.07, 6.45) is 0.124. The summed E-state index contributed by atoms with van der Waals surface area (Å²) in [5, 5.41) is 13.9. The van der Waals surface area contributed by atoms with Crippen LogP contribution in [-0.4, -0.2) is 28.2 Å². The molecule has 2 N–H and O–H groups in total. The molecule has 1 atom stereocenters. The van der Waals surface area contributed by atoms with Crippen LogP contribution >= 0.6 is 11.6 Å². The molecule has 5 heteroatoms. The second-order valence-electron chi connectivity index (χ2n) is 5.59. The molecule has 1 amide bonds. The largest absolute Gasteiger partial charge is 0.393 e. The number of benzene rings is 1. The molecule has 0 aliphatic heterocycles.